The molecule has 0 spiro atoms. The van der Waals surface area contributed by atoms with Gasteiger partial charge in [-0.3, -0.25) is 4.99 Å². The number of nitrogens with one attached hydrogen (secondary N) is 1. The van der Waals surface area contributed by atoms with Crippen LogP contribution in [0.25, 0.3) is 0 Å². The maximum absolute atomic E-state index is 4.45. The Morgan fingerprint density at radius 1 is 1.37 bits per heavy atom. The summed E-state index contributed by atoms with van der Waals surface area (Å²) in [6.45, 7) is 5.64. The molecule has 0 aromatic heterocycles. The summed E-state index contributed by atoms with van der Waals surface area (Å²) in [5.74, 6) is 1.02. The van der Waals surface area contributed by atoms with E-state index in [2.05, 4.69) is 53.3 Å². The molecule has 104 valence electrons. The fourth-order valence-electron chi connectivity index (χ4n) is 2.69. The van der Waals surface area contributed by atoms with Crippen LogP contribution in [0.5, 0.6) is 0 Å². The van der Waals surface area contributed by atoms with Gasteiger partial charge in [-0.1, -0.05) is 32.0 Å². The summed E-state index contributed by atoms with van der Waals surface area (Å²) in [7, 11) is 1.87. The Bertz CT molecular complexity index is 496. The summed E-state index contributed by atoms with van der Waals surface area (Å²) in [5, 5.41) is 3.59. The maximum atomic E-state index is 4.45. The number of anilines is 1. The summed E-state index contributed by atoms with van der Waals surface area (Å²) in [4.78, 5) is 6.76. The highest BCUT2D eigenvalue weighted by Crippen LogP contribution is 2.44. The topological polar surface area (TPSA) is 27.6 Å². The lowest BCUT2D eigenvalue weighted by Gasteiger charge is -2.23. The first kappa shape index (κ1) is 14.6. The fraction of sp³-hybridized carbons (Fsp3) is 0.533. The predicted molar refractivity (Wildman–Crippen MR) is 91.6 cm³/mol. The SMILES string of the molecule is CN=C(NC1CC1(C)C)N1CCc2ccccc21.I. The first-order chi connectivity index (χ1) is 8.62. The highest BCUT2D eigenvalue weighted by Gasteiger charge is 2.46. The standard InChI is InChI=1S/C15H21N3.HI/c1-15(2)10-13(15)17-14(16-3)18-9-8-11-6-4-5-7-12(11)18;/h4-7,13H,8-10H2,1-3H3,(H,16,17);1H. The molecule has 1 fully saturated rings. The molecule has 1 N–H and O–H groups in total. The Balaban J connectivity index is 0.00000133. The highest BCUT2D eigenvalue weighted by molar-refractivity contribution is 14.0. The molecule has 2 aliphatic rings. The first-order valence-electron chi connectivity index (χ1n) is 6.70. The van der Waals surface area contributed by atoms with Crippen molar-refractivity contribution >= 4 is 35.6 Å². The third kappa shape index (κ3) is 2.73. The summed E-state index contributed by atoms with van der Waals surface area (Å²) < 4.78 is 0. The quantitative estimate of drug-likeness (QED) is 0.467. The summed E-state index contributed by atoms with van der Waals surface area (Å²) in [5.41, 5.74) is 3.16. The molecule has 3 rings (SSSR count). The van der Waals surface area contributed by atoms with Crippen LogP contribution in [0.15, 0.2) is 29.3 Å². The lowest BCUT2D eigenvalue weighted by molar-refractivity contribution is 0.592. The average molecular weight is 371 g/mol. The number of hydrogen-bond donors (Lipinski definition) is 1. The van der Waals surface area contributed by atoms with Crippen LogP contribution in [-0.2, 0) is 6.42 Å². The van der Waals surface area contributed by atoms with Gasteiger partial charge in [0.2, 0.25) is 0 Å². The van der Waals surface area contributed by atoms with Gasteiger partial charge in [0, 0.05) is 25.3 Å². The van der Waals surface area contributed by atoms with Crippen molar-refractivity contribution in [3.8, 4) is 0 Å². The zero-order valence-corrected chi connectivity index (χ0v) is 14.1. The third-order valence-electron chi connectivity index (χ3n) is 4.17. The maximum Gasteiger partial charge on any atom is 0.198 e. The molecule has 1 aromatic carbocycles. The van der Waals surface area contributed by atoms with E-state index in [1.54, 1.807) is 0 Å². The predicted octanol–water partition coefficient (Wildman–Crippen LogP) is 3.04. The van der Waals surface area contributed by atoms with Gasteiger partial charge in [0.05, 0.1) is 0 Å². The molecular weight excluding hydrogens is 349 g/mol. The number of aliphatic imine (C=N–C) groups is 1. The van der Waals surface area contributed by atoms with E-state index < -0.39 is 0 Å². The molecule has 3 nitrogen and oxygen atoms in total. The third-order valence-corrected chi connectivity index (χ3v) is 4.17. The Kier molecular flexibility index (Phi) is 4.08. The number of halogens is 1. The lowest BCUT2D eigenvalue weighted by atomic mass is 10.2. The van der Waals surface area contributed by atoms with Crippen LogP contribution in [0, 0.1) is 5.41 Å². The molecule has 0 radical (unpaired) electrons. The number of benzene rings is 1. The van der Waals surface area contributed by atoms with E-state index in [9.17, 15) is 0 Å². The number of nitrogens with zero attached hydrogens (tertiary/aromatic N) is 2. The second-order valence-electron chi connectivity index (χ2n) is 5.97. The summed E-state index contributed by atoms with van der Waals surface area (Å²) in [6.07, 6.45) is 2.35. The van der Waals surface area contributed by atoms with Crippen LogP contribution in [0.1, 0.15) is 25.8 Å². The molecule has 1 unspecified atom stereocenters. The molecule has 0 amide bonds. The van der Waals surface area contributed by atoms with E-state index >= 15 is 0 Å². The van der Waals surface area contributed by atoms with E-state index in [0.29, 0.717) is 11.5 Å². The van der Waals surface area contributed by atoms with Gasteiger partial charge in [0.15, 0.2) is 5.96 Å². The van der Waals surface area contributed by atoms with Gasteiger partial charge in [-0.25, -0.2) is 0 Å². The molecular formula is C15H22IN3. The molecule has 1 aliphatic carbocycles. The number of hydrogen-bond acceptors (Lipinski definition) is 1. The smallest absolute Gasteiger partial charge is 0.198 e. The highest BCUT2D eigenvalue weighted by atomic mass is 127. The number of fused-ring (bicyclic) bond motifs is 1. The lowest BCUT2D eigenvalue weighted by Crippen LogP contribution is -2.42. The van der Waals surface area contributed by atoms with E-state index in [1.165, 1.54) is 17.7 Å². The summed E-state index contributed by atoms with van der Waals surface area (Å²) >= 11 is 0. The van der Waals surface area contributed by atoms with Gasteiger partial charge in [-0.05, 0) is 29.9 Å². The van der Waals surface area contributed by atoms with Crippen molar-refractivity contribution in [2.45, 2.75) is 32.7 Å². The first-order valence-corrected chi connectivity index (χ1v) is 6.70. The average Bonchev–Trinajstić information content (AvgIpc) is 2.78. The molecule has 1 atom stereocenters. The van der Waals surface area contributed by atoms with Gasteiger partial charge in [0.1, 0.15) is 0 Å². The molecule has 19 heavy (non-hydrogen) atoms. The van der Waals surface area contributed by atoms with Crippen molar-refractivity contribution < 1.29 is 0 Å². The Labute approximate surface area is 132 Å². The van der Waals surface area contributed by atoms with Gasteiger partial charge < -0.3 is 10.2 Å². The van der Waals surface area contributed by atoms with Crippen LogP contribution in [0.3, 0.4) is 0 Å². The minimum Gasteiger partial charge on any atom is -0.353 e. The minimum atomic E-state index is 0. The van der Waals surface area contributed by atoms with E-state index in [1.807, 2.05) is 7.05 Å². The van der Waals surface area contributed by atoms with Crippen LogP contribution in [0.4, 0.5) is 5.69 Å². The van der Waals surface area contributed by atoms with Gasteiger partial charge in [-0.2, -0.15) is 0 Å². The Morgan fingerprint density at radius 3 is 2.68 bits per heavy atom. The molecule has 4 heteroatoms. The molecule has 0 bridgehead atoms. The van der Waals surface area contributed by atoms with Crippen molar-refractivity contribution in [2.24, 2.45) is 10.4 Å². The number of para-hydroxylation sites is 1. The van der Waals surface area contributed by atoms with Crippen molar-refractivity contribution in [1.82, 2.24) is 5.32 Å². The van der Waals surface area contributed by atoms with Crippen LogP contribution >= 0.6 is 24.0 Å². The second kappa shape index (κ2) is 5.31. The zero-order chi connectivity index (χ0) is 12.8. The van der Waals surface area contributed by atoms with Crippen LogP contribution < -0.4 is 10.2 Å². The van der Waals surface area contributed by atoms with Gasteiger partial charge in [-0.15, -0.1) is 24.0 Å². The number of guanidine groups is 1. The minimum absolute atomic E-state index is 0. The van der Waals surface area contributed by atoms with Crippen molar-refractivity contribution in [3.05, 3.63) is 29.8 Å². The summed E-state index contributed by atoms with van der Waals surface area (Å²) in [6, 6.07) is 9.19. The second-order valence-corrected chi connectivity index (χ2v) is 5.97. The number of rotatable bonds is 1. The Hall–Kier alpha value is -0.780. The molecule has 0 saturated heterocycles. The van der Waals surface area contributed by atoms with Gasteiger partial charge in [0.25, 0.3) is 0 Å². The molecule has 1 heterocycles. The van der Waals surface area contributed by atoms with Crippen LogP contribution in [-0.4, -0.2) is 25.6 Å². The van der Waals surface area contributed by atoms with Crippen LogP contribution in [0.2, 0.25) is 0 Å². The zero-order valence-electron chi connectivity index (χ0n) is 11.8. The largest absolute Gasteiger partial charge is 0.353 e. The van der Waals surface area contributed by atoms with Crippen molar-refractivity contribution in [1.29, 1.82) is 0 Å². The molecule has 1 aliphatic heterocycles. The van der Waals surface area contributed by atoms with Gasteiger partial charge >= 0.3 is 0 Å². The van der Waals surface area contributed by atoms with E-state index in [4.69, 9.17) is 0 Å². The van der Waals surface area contributed by atoms with E-state index in [0.717, 1.165) is 18.9 Å². The van der Waals surface area contributed by atoms with E-state index in [-0.39, 0.29) is 24.0 Å². The monoisotopic (exact) mass is 371 g/mol. The Morgan fingerprint density at radius 2 is 2.05 bits per heavy atom. The molecule has 1 aromatic rings. The molecule has 1 saturated carbocycles. The van der Waals surface area contributed by atoms with Crippen molar-refractivity contribution in [2.75, 3.05) is 18.5 Å². The normalized spacial score (nSPS) is 23.6. The van der Waals surface area contributed by atoms with Crippen molar-refractivity contribution in [3.63, 3.8) is 0 Å². The fourth-order valence-corrected chi connectivity index (χ4v) is 2.69.